The smallest absolute Gasteiger partial charge is 0.252 e. The summed E-state index contributed by atoms with van der Waals surface area (Å²) < 4.78 is 0. The third-order valence-corrected chi connectivity index (χ3v) is 2.88. The van der Waals surface area contributed by atoms with Gasteiger partial charge in [-0.1, -0.05) is 12.1 Å². The first kappa shape index (κ1) is 8.76. The summed E-state index contributed by atoms with van der Waals surface area (Å²) >= 11 is 5.55. The van der Waals surface area contributed by atoms with Crippen LogP contribution < -0.4 is 0 Å². The van der Waals surface area contributed by atoms with Crippen molar-refractivity contribution in [1.82, 2.24) is 0 Å². The topological polar surface area (TPSA) is 17.1 Å². The van der Waals surface area contributed by atoms with E-state index in [4.69, 9.17) is 11.6 Å². The van der Waals surface area contributed by atoms with Crippen LogP contribution in [0.2, 0.25) is 0 Å². The van der Waals surface area contributed by atoms with Gasteiger partial charge in [0.15, 0.2) is 0 Å². The van der Waals surface area contributed by atoms with E-state index in [1.54, 1.807) is 0 Å². The summed E-state index contributed by atoms with van der Waals surface area (Å²) in [6.07, 6.45) is 3.24. The molecule has 0 radical (unpaired) electrons. The van der Waals surface area contributed by atoms with Gasteiger partial charge in [-0.2, -0.15) is 0 Å². The van der Waals surface area contributed by atoms with E-state index in [9.17, 15) is 4.79 Å². The van der Waals surface area contributed by atoms with Gasteiger partial charge in [0, 0.05) is 5.56 Å². The van der Waals surface area contributed by atoms with Crippen LogP contribution in [0.1, 0.15) is 33.5 Å². The second-order valence-corrected chi connectivity index (χ2v) is 3.87. The van der Waals surface area contributed by atoms with Crippen molar-refractivity contribution < 1.29 is 4.79 Å². The highest BCUT2D eigenvalue weighted by Gasteiger charge is 2.19. The molecule has 0 saturated heterocycles. The molecule has 1 aromatic rings. The molecule has 0 bridgehead atoms. The fourth-order valence-corrected chi connectivity index (χ4v) is 2.32. The van der Waals surface area contributed by atoms with Gasteiger partial charge in [-0.05, 0) is 54.5 Å². The average Bonchev–Trinajstić information content (AvgIpc) is 2.50. The lowest BCUT2D eigenvalue weighted by Crippen LogP contribution is -2.00. The van der Waals surface area contributed by atoms with Gasteiger partial charge in [0.05, 0.1) is 0 Å². The van der Waals surface area contributed by atoms with Crippen molar-refractivity contribution >= 4 is 16.8 Å². The Morgan fingerprint density at radius 3 is 2.85 bits per heavy atom. The minimum Gasteiger partial charge on any atom is -0.276 e. The number of hydrogen-bond acceptors (Lipinski definition) is 1. The summed E-state index contributed by atoms with van der Waals surface area (Å²) in [7, 11) is 0. The zero-order chi connectivity index (χ0) is 9.42. The second-order valence-electron chi connectivity index (χ2n) is 3.52. The number of benzene rings is 1. The largest absolute Gasteiger partial charge is 0.276 e. The number of aryl methyl sites for hydroxylation is 2. The van der Waals surface area contributed by atoms with E-state index in [1.807, 2.05) is 13.0 Å². The molecule has 0 aromatic heterocycles. The van der Waals surface area contributed by atoms with Crippen LogP contribution >= 0.6 is 11.6 Å². The van der Waals surface area contributed by atoms with E-state index in [0.717, 1.165) is 30.4 Å². The summed E-state index contributed by atoms with van der Waals surface area (Å²) in [4.78, 5) is 11.2. The first-order valence-electron chi connectivity index (χ1n) is 4.51. The Balaban J connectivity index is 2.65. The predicted molar refractivity (Wildman–Crippen MR) is 53.4 cm³/mol. The van der Waals surface area contributed by atoms with Crippen LogP contribution in [-0.4, -0.2) is 5.24 Å². The molecule has 1 aromatic carbocycles. The van der Waals surface area contributed by atoms with Gasteiger partial charge in [0.25, 0.3) is 5.24 Å². The quantitative estimate of drug-likeness (QED) is 0.629. The van der Waals surface area contributed by atoms with Crippen molar-refractivity contribution in [2.45, 2.75) is 26.2 Å². The second kappa shape index (κ2) is 3.15. The molecule has 0 aliphatic heterocycles. The summed E-state index contributed by atoms with van der Waals surface area (Å²) in [6, 6.07) is 4.10. The van der Waals surface area contributed by atoms with Crippen LogP contribution in [0.5, 0.6) is 0 Å². The Morgan fingerprint density at radius 2 is 2.15 bits per heavy atom. The number of hydrogen-bond donors (Lipinski definition) is 0. The normalized spacial score (nSPS) is 14.3. The Labute approximate surface area is 82.7 Å². The third-order valence-electron chi connectivity index (χ3n) is 2.69. The molecule has 0 unspecified atom stereocenters. The Hall–Kier alpha value is -0.820. The van der Waals surface area contributed by atoms with Crippen LogP contribution in [0.3, 0.4) is 0 Å². The molecular formula is C11H11ClO. The van der Waals surface area contributed by atoms with Gasteiger partial charge < -0.3 is 0 Å². The maximum atomic E-state index is 11.2. The lowest BCUT2D eigenvalue weighted by atomic mass is 9.99. The van der Waals surface area contributed by atoms with Crippen LogP contribution in [0.4, 0.5) is 0 Å². The van der Waals surface area contributed by atoms with Crippen LogP contribution in [0.15, 0.2) is 12.1 Å². The molecule has 13 heavy (non-hydrogen) atoms. The van der Waals surface area contributed by atoms with E-state index in [-0.39, 0.29) is 5.24 Å². The molecule has 0 fully saturated rings. The van der Waals surface area contributed by atoms with Crippen LogP contribution in [0, 0.1) is 6.92 Å². The number of rotatable bonds is 1. The number of halogens is 1. The van der Waals surface area contributed by atoms with Crippen molar-refractivity contribution in [2.75, 3.05) is 0 Å². The molecule has 68 valence electrons. The van der Waals surface area contributed by atoms with E-state index in [1.165, 1.54) is 11.1 Å². The summed E-state index contributed by atoms with van der Waals surface area (Å²) in [5, 5.41) is -0.309. The summed E-state index contributed by atoms with van der Waals surface area (Å²) in [6.45, 7) is 1.94. The van der Waals surface area contributed by atoms with Gasteiger partial charge >= 0.3 is 0 Å². The first-order chi connectivity index (χ1) is 6.20. The predicted octanol–water partition coefficient (Wildman–Crippen LogP) is 2.86. The number of fused-ring (bicyclic) bond motifs is 1. The third kappa shape index (κ3) is 1.37. The fraction of sp³-hybridized carbons (Fsp3) is 0.364. The Bertz CT molecular complexity index is 369. The van der Waals surface area contributed by atoms with Gasteiger partial charge in [0.1, 0.15) is 0 Å². The van der Waals surface area contributed by atoms with Gasteiger partial charge in [-0.3, -0.25) is 4.79 Å². The molecule has 2 rings (SSSR count). The SMILES string of the molecule is Cc1ccc2c(c1C(=O)Cl)CCC2. The number of carbonyl (C=O) groups is 1. The van der Waals surface area contributed by atoms with Gasteiger partial charge in [0.2, 0.25) is 0 Å². The molecule has 1 aliphatic rings. The molecule has 2 heteroatoms. The van der Waals surface area contributed by atoms with Gasteiger partial charge in [-0.25, -0.2) is 0 Å². The van der Waals surface area contributed by atoms with Gasteiger partial charge in [-0.15, -0.1) is 0 Å². The Morgan fingerprint density at radius 1 is 1.38 bits per heavy atom. The molecule has 0 N–H and O–H groups in total. The highest BCUT2D eigenvalue weighted by molar-refractivity contribution is 6.68. The highest BCUT2D eigenvalue weighted by Crippen LogP contribution is 2.28. The molecule has 1 nitrogen and oxygen atoms in total. The van der Waals surface area contributed by atoms with Crippen molar-refractivity contribution in [3.63, 3.8) is 0 Å². The van der Waals surface area contributed by atoms with Crippen molar-refractivity contribution in [1.29, 1.82) is 0 Å². The minimum atomic E-state index is -0.309. The van der Waals surface area contributed by atoms with Crippen molar-refractivity contribution in [3.8, 4) is 0 Å². The fourth-order valence-electron chi connectivity index (χ4n) is 2.06. The first-order valence-corrected chi connectivity index (χ1v) is 4.89. The molecule has 0 atom stereocenters. The molecule has 1 aliphatic carbocycles. The zero-order valence-electron chi connectivity index (χ0n) is 7.56. The maximum Gasteiger partial charge on any atom is 0.252 e. The van der Waals surface area contributed by atoms with Crippen LogP contribution in [-0.2, 0) is 12.8 Å². The molecule has 0 saturated carbocycles. The monoisotopic (exact) mass is 194 g/mol. The van der Waals surface area contributed by atoms with Crippen molar-refractivity contribution in [2.24, 2.45) is 0 Å². The Kier molecular flexibility index (Phi) is 2.12. The molecule has 0 amide bonds. The van der Waals surface area contributed by atoms with Crippen LogP contribution in [0.25, 0.3) is 0 Å². The summed E-state index contributed by atoms with van der Waals surface area (Å²) in [5.74, 6) is 0. The highest BCUT2D eigenvalue weighted by atomic mass is 35.5. The summed E-state index contributed by atoms with van der Waals surface area (Å²) in [5.41, 5.74) is 4.23. The maximum absolute atomic E-state index is 11.2. The lowest BCUT2D eigenvalue weighted by molar-refractivity contribution is 0.108. The zero-order valence-corrected chi connectivity index (χ0v) is 8.32. The average molecular weight is 195 g/mol. The lowest BCUT2D eigenvalue weighted by Gasteiger charge is -2.07. The molecule has 0 spiro atoms. The number of carbonyl (C=O) groups excluding carboxylic acids is 1. The minimum absolute atomic E-state index is 0.309. The standard InChI is InChI=1S/C11H11ClO/c1-7-5-6-8-3-2-4-9(8)10(7)11(12)13/h5-6H,2-4H2,1H3. The van der Waals surface area contributed by atoms with E-state index >= 15 is 0 Å². The van der Waals surface area contributed by atoms with Crippen molar-refractivity contribution in [3.05, 3.63) is 34.4 Å². The van der Waals surface area contributed by atoms with E-state index < -0.39 is 0 Å². The van der Waals surface area contributed by atoms with E-state index in [0.29, 0.717) is 0 Å². The molecular weight excluding hydrogens is 184 g/mol. The van der Waals surface area contributed by atoms with E-state index in [2.05, 4.69) is 6.07 Å². The molecule has 0 heterocycles.